The Labute approximate surface area is 118 Å². The molecule has 0 spiro atoms. The van der Waals surface area contributed by atoms with E-state index in [0.29, 0.717) is 12.7 Å². The SMILES string of the molecule is CCC(NCC(C)C(=O)NC(C)(N)C(C)C)N(C)C. The Morgan fingerprint density at radius 3 is 2.21 bits per heavy atom. The van der Waals surface area contributed by atoms with Gasteiger partial charge in [0, 0.05) is 12.5 Å². The van der Waals surface area contributed by atoms with Crippen molar-refractivity contribution in [2.75, 3.05) is 20.6 Å². The van der Waals surface area contributed by atoms with E-state index in [0.717, 1.165) is 6.42 Å². The van der Waals surface area contributed by atoms with Crippen molar-refractivity contribution in [3.63, 3.8) is 0 Å². The van der Waals surface area contributed by atoms with Gasteiger partial charge >= 0.3 is 0 Å². The molecule has 0 saturated carbocycles. The summed E-state index contributed by atoms with van der Waals surface area (Å²) < 4.78 is 0. The number of nitrogens with one attached hydrogen (secondary N) is 2. The summed E-state index contributed by atoms with van der Waals surface area (Å²) in [5.41, 5.74) is 5.41. The summed E-state index contributed by atoms with van der Waals surface area (Å²) in [6.07, 6.45) is 1.30. The van der Waals surface area contributed by atoms with Crippen LogP contribution < -0.4 is 16.4 Å². The van der Waals surface area contributed by atoms with E-state index in [1.807, 2.05) is 41.8 Å². The molecule has 1 amide bonds. The van der Waals surface area contributed by atoms with Crippen LogP contribution in [0.5, 0.6) is 0 Å². The van der Waals surface area contributed by atoms with Crippen LogP contribution in [-0.4, -0.2) is 43.3 Å². The van der Waals surface area contributed by atoms with Crippen molar-refractivity contribution >= 4 is 5.91 Å². The Hall–Kier alpha value is -0.650. The minimum absolute atomic E-state index is 0.000177. The maximum atomic E-state index is 12.1. The van der Waals surface area contributed by atoms with E-state index in [-0.39, 0.29) is 17.7 Å². The van der Waals surface area contributed by atoms with Crippen molar-refractivity contribution < 1.29 is 4.79 Å². The van der Waals surface area contributed by atoms with Gasteiger partial charge in [0.15, 0.2) is 0 Å². The van der Waals surface area contributed by atoms with Crippen LogP contribution in [0, 0.1) is 11.8 Å². The van der Waals surface area contributed by atoms with Gasteiger partial charge in [-0.1, -0.05) is 27.7 Å². The Morgan fingerprint density at radius 2 is 1.84 bits per heavy atom. The van der Waals surface area contributed by atoms with Crippen molar-refractivity contribution in [1.82, 2.24) is 15.5 Å². The minimum atomic E-state index is -0.656. The monoisotopic (exact) mass is 272 g/mol. The van der Waals surface area contributed by atoms with Crippen LogP contribution in [-0.2, 0) is 4.79 Å². The predicted octanol–water partition coefficient (Wildman–Crippen LogP) is 0.957. The molecule has 0 aromatic rings. The molecule has 4 N–H and O–H groups in total. The molecule has 3 unspecified atom stereocenters. The van der Waals surface area contributed by atoms with Crippen LogP contribution in [0.1, 0.15) is 41.0 Å². The van der Waals surface area contributed by atoms with E-state index in [1.54, 1.807) is 0 Å². The predicted molar refractivity (Wildman–Crippen MR) is 80.5 cm³/mol. The smallest absolute Gasteiger partial charge is 0.225 e. The van der Waals surface area contributed by atoms with Gasteiger partial charge in [-0.05, 0) is 33.4 Å². The molecule has 0 saturated heterocycles. The standard InChI is InChI=1S/C14H32N4O/c1-8-12(18(6)7)16-9-11(4)13(19)17-14(5,15)10(2)3/h10-12,16H,8-9,15H2,1-7H3,(H,17,19). The summed E-state index contributed by atoms with van der Waals surface area (Å²) in [5.74, 6) is 0.0946. The Kier molecular flexibility index (Phi) is 7.55. The first kappa shape index (κ1) is 18.4. The van der Waals surface area contributed by atoms with Gasteiger partial charge in [-0.25, -0.2) is 0 Å². The molecule has 114 valence electrons. The molecule has 0 rings (SSSR count). The van der Waals surface area contributed by atoms with E-state index in [2.05, 4.69) is 22.5 Å². The second-order valence-corrected chi connectivity index (χ2v) is 6.12. The fraction of sp³-hybridized carbons (Fsp3) is 0.929. The topological polar surface area (TPSA) is 70.4 Å². The van der Waals surface area contributed by atoms with E-state index < -0.39 is 5.66 Å². The zero-order valence-corrected chi connectivity index (χ0v) is 13.6. The number of rotatable bonds is 8. The van der Waals surface area contributed by atoms with Gasteiger partial charge in [0.2, 0.25) is 5.91 Å². The second-order valence-electron chi connectivity index (χ2n) is 6.12. The third-order valence-corrected chi connectivity index (χ3v) is 3.71. The fourth-order valence-electron chi connectivity index (χ4n) is 1.63. The Morgan fingerprint density at radius 1 is 1.32 bits per heavy atom. The quantitative estimate of drug-likeness (QED) is 0.576. The van der Waals surface area contributed by atoms with E-state index >= 15 is 0 Å². The number of nitrogens with zero attached hydrogens (tertiary/aromatic N) is 1. The molecule has 0 bridgehead atoms. The molecule has 0 aliphatic carbocycles. The first-order chi connectivity index (χ1) is 8.61. The second kappa shape index (κ2) is 7.82. The lowest BCUT2D eigenvalue weighted by Gasteiger charge is -2.32. The lowest BCUT2D eigenvalue weighted by atomic mass is 9.98. The van der Waals surface area contributed by atoms with Crippen molar-refractivity contribution in [2.45, 2.75) is 52.9 Å². The van der Waals surface area contributed by atoms with Crippen molar-refractivity contribution in [3.05, 3.63) is 0 Å². The van der Waals surface area contributed by atoms with Gasteiger partial charge in [-0.2, -0.15) is 0 Å². The summed E-state index contributed by atoms with van der Waals surface area (Å²) >= 11 is 0. The molecule has 19 heavy (non-hydrogen) atoms. The average molecular weight is 272 g/mol. The number of hydrogen-bond acceptors (Lipinski definition) is 4. The number of carbonyl (C=O) groups excluding carboxylic acids is 1. The van der Waals surface area contributed by atoms with Crippen molar-refractivity contribution in [2.24, 2.45) is 17.6 Å². The number of hydrogen-bond donors (Lipinski definition) is 3. The lowest BCUT2D eigenvalue weighted by Crippen LogP contribution is -2.59. The van der Waals surface area contributed by atoms with E-state index in [1.165, 1.54) is 0 Å². The van der Waals surface area contributed by atoms with Gasteiger partial charge < -0.3 is 16.4 Å². The molecule has 0 aliphatic rings. The summed E-state index contributed by atoms with van der Waals surface area (Å²) in [6, 6.07) is 0. The van der Waals surface area contributed by atoms with Crippen LogP contribution in [0.2, 0.25) is 0 Å². The zero-order chi connectivity index (χ0) is 15.2. The molecule has 5 nitrogen and oxygen atoms in total. The molecular formula is C14H32N4O. The van der Waals surface area contributed by atoms with Crippen LogP contribution in [0.15, 0.2) is 0 Å². The summed E-state index contributed by atoms with van der Waals surface area (Å²) in [4.78, 5) is 14.2. The third kappa shape index (κ3) is 6.36. The van der Waals surface area contributed by atoms with Crippen molar-refractivity contribution in [1.29, 1.82) is 0 Å². The van der Waals surface area contributed by atoms with Gasteiger partial charge in [-0.15, -0.1) is 0 Å². The fourth-order valence-corrected chi connectivity index (χ4v) is 1.63. The Bertz CT molecular complexity index is 277. The summed E-state index contributed by atoms with van der Waals surface area (Å²) in [6.45, 7) is 10.5. The lowest BCUT2D eigenvalue weighted by molar-refractivity contribution is -0.126. The third-order valence-electron chi connectivity index (χ3n) is 3.71. The molecule has 0 aliphatic heterocycles. The van der Waals surface area contributed by atoms with Crippen LogP contribution in [0.3, 0.4) is 0 Å². The van der Waals surface area contributed by atoms with Gasteiger partial charge in [0.1, 0.15) is 0 Å². The largest absolute Gasteiger partial charge is 0.338 e. The van der Waals surface area contributed by atoms with Gasteiger partial charge in [0.05, 0.1) is 11.8 Å². The summed E-state index contributed by atoms with van der Waals surface area (Å²) in [7, 11) is 4.06. The molecule has 0 heterocycles. The highest BCUT2D eigenvalue weighted by Gasteiger charge is 2.27. The molecule has 5 heteroatoms. The van der Waals surface area contributed by atoms with Crippen LogP contribution in [0.25, 0.3) is 0 Å². The van der Waals surface area contributed by atoms with Crippen LogP contribution in [0.4, 0.5) is 0 Å². The highest BCUT2D eigenvalue weighted by atomic mass is 16.2. The van der Waals surface area contributed by atoms with E-state index in [9.17, 15) is 4.79 Å². The molecule has 0 aromatic heterocycles. The highest BCUT2D eigenvalue weighted by molar-refractivity contribution is 5.79. The Balaban J connectivity index is 4.28. The molecule has 0 aromatic carbocycles. The van der Waals surface area contributed by atoms with Crippen LogP contribution >= 0.6 is 0 Å². The highest BCUT2D eigenvalue weighted by Crippen LogP contribution is 2.10. The minimum Gasteiger partial charge on any atom is -0.338 e. The maximum Gasteiger partial charge on any atom is 0.225 e. The average Bonchev–Trinajstić information content (AvgIpc) is 2.28. The van der Waals surface area contributed by atoms with E-state index in [4.69, 9.17) is 5.73 Å². The normalized spacial score (nSPS) is 18.2. The molecule has 3 atom stereocenters. The van der Waals surface area contributed by atoms with Gasteiger partial charge in [-0.3, -0.25) is 9.69 Å². The summed E-state index contributed by atoms with van der Waals surface area (Å²) in [5, 5.41) is 6.30. The van der Waals surface area contributed by atoms with Crippen molar-refractivity contribution in [3.8, 4) is 0 Å². The first-order valence-corrected chi connectivity index (χ1v) is 7.12. The number of nitrogens with two attached hydrogens (primary N) is 1. The first-order valence-electron chi connectivity index (χ1n) is 7.12. The maximum absolute atomic E-state index is 12.1. The molecular weight excluding hydrogens is 240 g/mol. The zero-order valence-electron chi connectivity index (χ0n) is 13.6. The molecule has 0 fully saturated rings. The molecule has 0 radical (unpaired) electrons. The van der Waals surface area contributed by atoms with Gasteiger partial charge in [0.25, 0.3) is 0 Å². The number of amides is 1. The number of carbonyl (C=O) groups is 1.